The van der Waals surface area contributed by atoms with E-state index in [0.29, 0.717) is 37.6 Å². The van der Waals surface area contributed by atoms with Crippen molar-refractivity contribution in [2.75, 3.05) is 33.8 Å². The number of para-hydroxylation sites is 1. The van der Waals surface area contributed by atoms with E-state index in [2.05, 4.69) is 10.2 Å². The maximum absolute atomic E-state index is 13.5. The van der Waals surface area contributed by atoms with Crippen LogP contribution in [0.25, 0.3) is 0 Å². The number of sulfonamides is 1. The average Bonchev–Trinajstić information content (AvgIpc) is 2.93. The van der Waals surface area contributed by atoms with Crippen molar-refractivity contribution in [1.29, 1.82) is 0 Å². The molecule has 0 aliphatic carbocycles. The Bertz CT molecular complexity index is 1210. The van der Waals surface area contributed by atoms with E-state index >= 15 is 0 Å². The summed E-state index contributed by atoms with van der Waals surface area (Å²) in [6.45, 7) is 1.15. The molecule has 2 aromatic rings. The third kappa shape index (κ3) is 7.91. The summed E-state index contributed by atoms with van der Waals surface area (Å²) in [5.41, 5.74) is 1.32. The number of carbonyl (C=O) groups is 2. The molecular formula is C27H36N4O7S. The van der Waals surface area contributed by atoms with E-state index in [0.717, 1.165) is 12.8 Å². The van der Waals surface area contributed by atoms with Crippen LogP contribution in [0.1, 0.15) is 38.5 Å². The Morgan fingerprint density at radius 2 is 1.69 bits per heavy atom. The molecule has 212 valence electrons. The first-order valence-corrected chi connectivity index (χ1v) is 14.5. The van der Waals surface area contributed by atoms with Crippen LogP contribution >= 0.6 is 0 Å². The van der Waals surface area contributed by atoms with Crippen molar-refractivity contribution >= 4 is 22.0 Å². The van der Waals surface area contributed by atoms with Gasteiger partial charge in [-0.3, -0.25) is 4.79 Å². The Balaban J connectivity index is 1.46. The summed E-state index contributed by atoms with van der Waals surface area (Å²) < 4.78 is 41.0. The second-order valence-corrected chi connectivity index (χ2v) is 11.7. The van der Waals surface area contributed by atoms with E-state index in [1.807, 2.05) is 18.2 Å². The summed E-state index contributed by atoms with van der Waals surface area (Å²) in [4.78, 5) is 33.9. The number of piperidine rings is 1. The second kappa shape index (κ2) is 12.8. The van der Waals surface area contributed by atoms with Gasteiger partial charge in [0.05, 0.1) is 4.90 Å². The minimum absolute atomic E-state index is 0.0429. The van der Waals surface area contributed by atoms with Crippen LogP contribution in [0.2, 0.25) is 0 Å². The highest BCUT2D eigenvalue weighted by Gasteiger charge is 2.41. The van der Waals surface area contributed by atoms with Crippen molar-refractivity contribution in [3.63, 3.8) is 0 Å². The number of ether oxygens (including phenoxy) is 2. The molecule has 0 spiro atoms. The molecule has 1 atom stereocenters. The van der Waals surface area contributed by atoms with Crippen molar-refractivity contribution in [3.8, 4) is 11.5 Å². The molecule has 11 nitrogen and oxygen atoms in total. The number of amides is 3. The summed E-state index contributed by atoms with van der Waals surface area (Å²) >= 11 is 0. The standard InChI is InChI=1S/C27H36N4O7S/c1-30(2)26(33)31-17-15-27(16-18-31,20-24(32)28-38-25-10-6-7-19-36-25)29-39(34,35)23-13-11-22(12-14-23)37-21-8-4-3-5-9-21/h3-5,8-9,11-14,25,29H,6-7,10,15-20H2,1-2H3,(H,28,32). The number of hydroxylamine groups is 1. The van der Waals surface area contributed by atoms with Gasteiger partial charge < -0.3 is 19.3 Å². The number of nitrogens with one attached hydrogen (secondary N) is 2. The number of carbonyl (C=O) groups excluding carboxylic acids is 2. The number of urea groups is 1. The van der Waals surface area contributed by atoms with Gasteiger partial charge >= 0.3 is 6.03 Å². The van der Waals surface area contributed by atoms with Gasteiger partial charge in [0, 0.05) is 52.2 Å². The minimum atomic E-state index is -4.01. The monoisotopic (exact) mass is 560 g/mol. The quantitative estimate of drug-likeness (QED) is 0.451. The Morgan fingerprint density at radius 1 is 1.03 bits per heavy atom. The lowest BCUT2D eigenvalue weighted by Gasteiger charge is -2.42. The number of likely N-dealkylation sites (tertiary alicyclic amines) is 1. The van der Waals surface area contributed by atoms with Crippen molar-refractivity contribution in [1.82, 2.24) is 20.0 Å². The van der Waals surface area contributed by atoms with Crippen LogP contribution in [0.4, 0.5) is 4.79 Å². The summed E-state index contributed by atoms with van der Waals surface area (Å²) in [6, 6.07) is 15.1. The van der Waals surface area contributed by atoms with Crippen LogP contribution in [-0.2, 0) is 24.4 Å². The predicted molar refractivity (Wildman–Crippen MR) is 143 cm³/mol. The Morgan fingerprint density at radius 3 is 2.31 bits per heavy atom. The Hall–Kier alpha value is -3.19. The lowest BCUT2D eigenvalue weighted by Crippen LogP contribution is -2.58. The van der Waals surface area contributed by atoms with Crippen LogP contribution in [0, 0.1) is 0 Å². The minimum Gasteiger partial charge on any atom is -0.457 e. The zero-order chi connectivity index (χ0) is 27.9. The normalized spacial score (nSPS) is 19.2. The first kappa shape index (κ1) is 28.8. The van der Waals surface area contributed by atoms with E-state index < -0.39 is 27.8 Å². The third-order valence-electron chi connectivity index (χ3n) is 6.78. The SMILES string of the molecule is CN(C)C(=O)N1CCC(CC(=O)NOC2CCCCO2)(NS(=O)(=O)c2ccc(Oc3ccccc3)cc2)CC1. The van der Waals surface area contributed by atoms with Crippen LogP contribution < -0.4 is 14.9 Å². The molecule has 2 saturated heterocycles. The van der Waals surface area contributed by atoms with E-state index in [9.17, 15) is 18.0 Å². The van der Waals surface area contributed by atoms with Crippen LogP contribution in [-0.4, -0.2) is 75.8 Å². The fourth-order valence-corrected chi connectivity index (χ4v) is 6.12. The number of hydrogen-bond donors (Lipinski definition) is 2. The van der Waals surface area contributed by atoms with Crippen LogP contribution in [0.3, 0.4) is 0 Å². The molecule has 2 N–H and O–H groups in total. The molecular weight excluding hydrogens is 524 g/mol. The lowest BCUT2D eigenvalue weighted by molar-refractivity contribution is -0.201. The molecule has 0 aromatic heterocycles. The van der Waals surface area contributed by atoms with Crippen LogP contribution in [0.5, 0.6) is 11.5 Å². The van der Waals surface area contributed by atoms with Gasteiger partial charge in [-0.05, 0) is 62.1 Å². The van der Waals surface area contributed by atoms with Crippen molar-refractivity contribution in [3.05, 3.63) is 54.6 Å². The van der Waals surface area contributed by atoms with Gasteiger partial charge in [-0.1, -0.05) is 18.2 Å². The maximum atomic E-state index is 13.5. The Kier molecular flexibility index (Phi) is 9.44. The summed E-state index contributed by atoms with van der Waals surface area (Å²) in [6.07, 6.45) is 2.39. The molecule has 0 saturated carbocycles. The van der Waals surface area contributed by atoms with E-state index in [1.54, 1.807) is 43.3 Å². The van der Waals surface area contributed by atoms with E-state index in [1.165, 1.54) is 17.0 Å². The fraction of sp³-hybridized carbons (Fsp3) is 0.481. The first-order chi connectivity index (χ1) is 18.7. The molecule has 2 aromatic carbocycles. The van der Waals surface area contributed by atoms with Gasteiger partial charge in [0.2, 0.25) is 15.9 Å². The molecule has 2 heterocycles. The zero-order valence-electron chi connectivity index (χ0n) is 22.3. The highest BCUT2D eigenvalue weighted by atomic mass is 32.2. The maximum Gasteiger partial charge on any atom is 0.319 e. The molecule has 39 heavy (non-hydrogen) atoms. The molecule has 2 fully saturated rings. The van der Waals surface area contributed by atoms with Gasteiger partial charge in [-0.25, -0.2) is 28.3 Å². The lowest BCUT2D eigenvalue weighted by atomic mass is 9.85. The largest absolute Gasteiger partial charge is 0.457 e. The van der Waals surface area contributed by atoms with E-state index in [-0.39, 0.29) is 30.2 Å². The zero-order valence-corrected chi connectivity index (χ0v) is 23.1. The molecule has 12 heteroatoms. The highest BCUT2D eigenvalue weighted by Crippen LogP contribution is 2.30. The van der Waals surface area contributed by atoms with E-state index in [4.69, 9.17) is 14.3 Å². The fourth-order valence-electron chi connectivity index (χ4n) is 4.66. The number of hydrogen-bond acceptors (Lipinski definition) is 7. The molecule has 1 unspecified atom stereocenters. The molecule has 2 aliphatic rings. The smallest absolute Gasteiger partial charge is 0.319 e. The number of benzene rings is 2. The van der Waals surface area contributed by atoms with Crippen LogP contribution in [0.15, 0.2) is 59.5 Å². The summed E-state index contributed by atoms with van der Waals surface area (Å²) in [7, 11) is -0.682. The molecule has 0 bridgehead atoms. The van der Waals surface area contributed by atoms with Crippen molar-refractivity contribution in [2.24, 2.45) is 0 Å². The average molecular weight is 561 g/mol. The topological polar surface area (TPSA) is 127 Å². The summed E-state index contributed by atoms with van der Waals surface area (Å²) in [5, 5.41) is 0. The number of nitrogens with zero attached hydrogens (tertiary/aromatic N) is 2. The van der Waals surface area contributed by atoms with Gasteiger partial charge in [-0.2, -0.15) is 0 Å². The highest BCUT2D eigenvalue weighted by molar-refractivity contribution is 7.89. The molecule has 0 radical (unpaired) electrons. The number of rotatable bonds is 9. The van der Waals surface area contributed by atoms with Gasteiger partial charge in [-0.15, -0.1) is 0 Å². The van der Waals surface area contributed by atoms with Crippen molar-refractivity contribution in [2.45, 2.75) is 55.2 Å². The predicted octanol–water partition coefficient (Wildman–Crippen LogP) is 3.24. The molecule has 4 rings (SSSR count). The molecule has 3 amide bonds. The Labute approximate surface area is 229 Å². The van der Waals surface area contributed by atoms with Gasteiger partial charge in [0.25, 0.3) is 0 Å². The summed E-state index contributed by atoms with van der Waals surface area (Å²) in [5.74, 6) is 0.661. The first-order valence-electron chi connectivity index (χ1n) is 13.1. The second-order valence-electron chi connectivity index (χ2n) is 10.1. The van der Waals surface area contributed by atoms with Gasteiger partial charge in [0.1, 0.15) is 11.5 Å². The third-order valence-corrected chi connectivity index (χ3v) is 8.37. The van der Waals surface area contributed by atoms with Crippen molar-refractivity contribution < 1.29 is 32.3 Å². The molecule has 2 aliphatic heterocycles. The van der Waals surface area contributed by atoms with Gasteiger partial charge in [0.15, 0.2) is 6.29 Å².